The van der Waals surface area contributed by atoms with Gasteiger partial charge in [0.15, 0.2) is 6.61 Å². The molecule has 11 nitrogen and oxygen atoms in total. The fourth-order valence-electron chi connectivity index (χ4n) is 4.00. The van der Waals surface area contributed by atoms with Gasteiger partial charge in [0, 0.05) is 11.8 Å². The van der Waals surface area contributed by atoms with Crippen molar-refractivity contribution in [2.45, 2.75) is 11.8 Å². The number of halogens is 1. The molecule has 0 aliphatic carbocycles. The van der Waals surface area contributed by atoms with Crippen LogP contribution >= 0.6 is 0 Å². The molecule has 0 saturated heterocycles. The van der Waals surface area contributed by atoms with Crippen molar-refractivity contribution in [3.05, 3.63) is 108 Å². The van der Waals surface area contributed by atoms with Crippen LogP contribution in [0.4, 0.5) is 15.8 Å². The highest BCUT2D eigenvalue weighted by atomic mass is 32.2. The van der Waals surface area contributed by atoms with E-state index >= 15 is 0 Å². The lowest BCUT2D eigenvalue weighted by Gasteiger charge is -2.25. The van der Waals surface area contributed by atoms with Crippen molar-refractivity contribution < 1.29 is 36.6 Å². The van der Waals surface area contributed by atoms with Crippen LogP contribution in [0.1, 0.15) is 11.1 Å². The van der Waals surface area contributed by atoms with Crippen LogP contribution in [0.3, 0.4) is 0 Å². The summed E-state index contributed by atoms with van der Waals surface area (Å²) in [5.41, 5.74) is 4.38. The molecule has 0 aliphatic heterocycles. The predicted octanol–water partition coefficient (Wildman–Crippen LogP) is 4.51. The number of rotatable bonds is 13. The molecule has 4 aromatic carbocycles. The minimum Gasteiger partial charge on any atom is -0.497 e. The normalized spacial score (nSPS) is 11.1. The number of benzene rings is 4. The molecule has 4 rings (SSSR count). The van der Waals surface area contributed by atoms with Gasteiger partial charge in [-0.05, 0) is 85.3 Å². The van der Waals surface area contributed by atoms with Gasteiger partial charge in [0.05, 0.1) is 31.0 Å². The van der Waals surface area contributed by atoms with E-state index in [-0.39, 0.29) is 22.9 Å². The van der Waals surface area contributed by atoms with E-state index < -0.39 is 34.2 Å². The molecule has 4 aromatic rings. The molecular weight excluding hydrogens is 603 g/mol. The van der Waals surface area contributed by atoms with Crippen LogP contribution in [0.2, 0.25) is 0 Å². The Morgan fingerprint density at radius 1 is 0.867 bits per heavy atom. The number of carbonyl (C=O) groups excluding carboxylic acids is 2. The van der Waals surface area contributed by atoms with E-state index in [9.17, 15) is 22.4 Å². The first-order valence-electron chi connectivity index (χ1n) is 13.5. The number of hydrogen-bond acceptors (Lipinski definition) is 8. The maximum atomic E-state index is 13.7. The van der Waals surface area contributed by atoms with Crippen molar-refractivity contribution in [2.24, 2.45) is 5.10 Å². The number of anilines is 2. The maximum absolute atomic E-state index is 13.7. The second-order valence-electron chi connectivity index (χ2n) is 9.57. The Bertz CT molecular complexity index is 1760. The molecule has 0 atom stereocenters. The molecule has 13 heteroatoms. The zero-order chi connectivity index (χ0) is 32.4. The highest BCUT2D eigenvalue weighted by molar-refractivity contribution is 7.92. The summed E-state index contributed by atoms with van der Waals surface area (Å²) in [6, 6.07) is 22.8. The molecule has 0 saturated carbocycles. The van der Waals surface area contributed by atoms with Gasteiger partial charge in [-0.2, -0.15) is 5.10 Å². The molecule has 0 aliphatic rings. The van der Waals surface area contributed by atoms with Gasteiger partial charge in [-0.15, -0.1) is 0 Å². The van der Waals surface area contributed by atoms with Crippen molar-refractivity contribution in [3.63, 3.8) is 0 Å². The Morgan fingerprint density at radius 3 is 2.18 bits per heavy atom. The fourth-order valence-corrected chi connectivity index (χ4v) is 5.43. The predicted molar refractivity (Wildman–Crippen MR) is 168 cm³/mol. The van der Waals surface area contributed by atoms with Gasteiger partial charge >= 0.3 is 0 Å². The Labute approximate surface area is 260 Å². The third-order valence-electron chi connectivity index (χ3n) is 6.33. The summed E-state index contributed by atoms with van der Waals surface area (Å²) < 4.78 is 57.6. The van der Waals surface area contributed by atoms with Gasteiger partial charge in [0.25, 0.3) is 21.8 Å². The molecular formula is C32H31FN4O7S. The molecule has 0 spiro atoms. The lowest BCUT2D eigenvalue weighted by Crippen LogP contribution is -2.39. The standard InChI is InChI=1S/C32H31FN4O7S/c1-22-4-15-28(16-5-22)45(40,41)37(29-18-27(42-2)14-17-30(29)43-3)20-31(38)36-34-19-23-6-12-26(13-7-23)44-21-32(39)35-25-10-8-24(33)9-11-25/h4-19H,20-21H2,1-3H3,(H,35,39)(H,36,38)/b34-19-. The maximum Gasteiger partial charge on any atom is 0.264 e. The summed E-state index contributed by atoms with van der Waals surface area (Å²) in [5.74, 6) is -0.532. The number of ether oxygens (including phenoxy) is 3. The Hall–Kier alpha value is -5.43. The van der Waals surface area contributed by atoms with Gasteiger partial charge in [0.2, 0.25) is 0 Å². The number of carbonyl (C=O) groups is 2. The molecule has 2 amide bonds. The number of sulfonamides is 1. The second kappa shape index (κ2) is 14.8. The van der Waals surface area contributed by atoms with Crippen molar-refractivity contribution in [2.75, 3.05) is 37.0 Å². The molecule has 2 N–H and O–H groups in total. The van der Waals surface area contributed by atoms with Gasteiger partial charge in [-0.25, -0.2) is 18.2 Å². The van der Waals surface area contributed by atoms with E-state index in [4.69, 9.17) is 14.2 Å². The molecule has 45 heavy (non-hydrogen) atoms. The lowest BCUT2D eigenvalue weighted by atomic mass is 10.2. The topological polar surface area (TPSA) is 136 Å². The number of hydrazone groups is 1. The smallest absolute Gasteiger partial charge is 0.264 e. The van der Waals surface area contributed by atoms with E-state index in [0.717, 1.165) is 9.87 Å². The lowest BCUT2D eigenvalue weighted by molar-refractivity contribution is -0.119. The SMILES string of the molecule is COc1ccc(OC)c(N(CC(=O)N/N=C\c2ccc(OCC(=O)Nc3ccc(F)cc3)cc2)S(=O)(=O)c2ccc(C)cc2)c1. The minimum absolute atomic E-state index is 0.00970. The monoisotopic (exact) mass is 634 g/mol. The Kier molecular flexibility index (Phi) is 10.7. The molecule has 0 fully saturated rings. The zero-order valence-corrected chi connectivity index (χ0v) is 25.5. The zero-order valence-electron chi connectivity index (χ0n) is 24.7. The third-order valence-corrected chi connectivity index (χ3v) is 8.11. The molecule has 0 bridgehead atoms. The average molecular weight is 635 g/mol. The molecule has 234 valence electrons. The van der Waals surface area contributed by atoms with Gasteiger partial charge in [-0.3, -0.25) is 13.9 Å². The molecule has 0 radical (unpaired) electrons. The van der Waals surface area contributed by atoms with Crippen LogP contribution in [0.15, 0.2) is 101 Å². The Morgan fingerprint density at radius 2 is 1.53 bits per heavy atom. The summed E-state index contributed by atoms with van der Waals surface area (Å²) in [4.78, 5) is 25.1. The highest BCUT2D eigenvalue weighted by Gasteiger charge is 2.30. The van der Waals surface area contributed by atoms with Crippen LogP contribution in [-0.4, -0.2) is 53.8 Å². The van der Waals surface area contributed by atoms with E-state index in [1.54, 1.807) is 48.5 Å². The number of amides is 2. The largest absolute Gasteiger partial charge is 0.497 e. The molecule has 0 heterocycles. The van der Waals surface area contributed by atoms with Crippen LogP contribution in [0.5, 0.6) is 17.2 Å². The number of nitrogens with one attached hydrogen (secondary N) is 2. The fraction of sp³-hybridized carbons (Fsp3) is 0.156. The average Bonchev–Trinajstić information content (AvgIpc) is 3.04. The first-order chi connectivity index (χ1) is 21.6. The van der Waals surface area contributed by atoms with E-state index in [2.05, 4.69) is 15.8 Å². The van der Waals surface area contributed by atoms with Crippen LogP contribution in [0, 0.1) is 12.7 Å². The van der Waals surface area contributed by atoms with Crippen LogP contribution < -0.4 is 29.3 Å². The van der Waals surface area contributed by atoms with Crippen molar-refractivity contribution in [1.82, 2.24) is 5.43 Å². The van der Waals surface area contributed by atoms with Crippen molar-refractivity contribution >= 4 is 39.4 Å². The van der Waals surface area contributed by atoms with Gasteiger partial charge in [-0.1, -0.05) is 17.7 Å². The Balaban J connectivity index is 1.41. The second-order valence-corrected chi connectivity index (χ2v) is 11.4. The quantitative estimate of drug-likeness (QED) is 0.163. The summed E-state index contributed by atoms with van der Waals surface area (Å²) >= 11 is 0. The van der Waals surface area contributed by atoms with Crippen molar-refractivity contribution in [1.29, 1.82) is 0 Å². The van der Waals surface area contributed by atoms with E-state index in [1.165, 1.54) is 62.9 Å². The number of nitrogens with zero attached hydrogens (tertiary/aromatic N) is 2. The number of methoxy groups -OCH3 is 2. The van der Waals surface area contributed by atoms with Gasteiger partial charge in [0.1, 0.15) is 29.6 Å². The first kappa shape index (κ1) is 32.5. The minimum atomic E-state index is -4.21. The van der Waals surface area contributed by atoms with Crippen molar-refractivity contribution in [3.8, 4) is 17.2 Å². The molecule has 0 aromatic heterocycles. The third kappa shape index (κ3) is 8.80. The van der Waals surface area contributed by atoms with Crippen LogP contribution in [0.25, 0.3) is 0 Å². The summed E-state index contributed by atoms with van der Waals surface area (Å²) in [7, 11) is -1.37. The summed E-state index contributed by atoms with van der Waals surface area (Å²) in [6.07, 6.45) is 1.37. The van der Waals surface area contributed by atoms with Gasteiger partial charge < -0.3 is 19.5 Å². The summed E-state index contributed by atoms with van der Waals surface area (Å²) in [5, 5.41) is 6.55. The number of aryl methyl sites for hydroxylation is 1. The van der Waals surface area contributed by atoms with Crippen LogP contribution in [-0.2, 0) is 19.6 Å². The first-order valence-corrected chi connectivity index (χ1v) is 14.9. The highest BCUT2D eigenvalue weighted by Crippen LogP contribution is 2.35. The summed E-state index contributed by atoms with van der Waals surface area (Å²) in [6.45, 7) is 0.965. The molecule has 0 unspecified atom stereocenters. The number of hydrogen-bond donors (Lipinski definition) is 2. The van der Waals surface area contributed by atoms with E-state index in [1.807, 2.05) is 6.92 Å². The van der Waals surface area contributed by atoms with E-state index in [0.29, 0.717) is 22.7 Å².